The van der Waals surface area contributed by atoms with Gasteiger partial charge < -0.3 is 9.67 Å². The lowest BCUT2D eigenvalue weighted by Crippen LogP contribution is -2.40. The normalized spacial score (nSPS) is 16.9. The largest absolute Gasteiger partial charge is 0.480 e. The number of hydrogen-bond acceptors (Lipinski definition) is 5. The fraction of sp³-hybridized carbons (Fsp3) is 0.316. The van der Waals surface area contributed by atoms with Crippen LogP contribution < -0.4 is 0 Å². The number of pyridine rings is 2. The number of hydrogen-bond donors (Lipinski definition) is 1. The molecule has 3 aromatic heterocycles. The molecule has 3 aromatic rings. The maximum absolute atomic E-state index is 13.1. The highest BCUT2D eigenvalue weighted by molar-refractivity contribution is 7.89. The highest BCUT2D eigenvalue weighted by atomic mass is 32.2. The Bertz CT molecular complexity index is 1190. The summed E-state index contributed by atoms with van der Waals surface area (Å²) in [4.78, 5) is 19.1. The second-order valence-corrected chi connectivity index (χ2v) is 9.01. The van der Waals surface area contributed by atoms with Gasteiger partial charge in [-0.3, -0.25) is 9.78 Å². The van der Waals surface area contributed by atoms with Crippen LogP contribution in [0.2, 0.25) is 0 Å². The Labute approximate surface area is 166 Å². The van der Waals surface area contributed by atoms with Gasteiger partial charge in [-0.2, -0.15) is 8.70 Å². The predicted molar refractivity (Wildman–Crippen MR) is 102 cm³/mol. The van der Waals surface area contributed by atoms with Gasteiger partial charge in [0.15, 0.2) is 0 Å². The van der Waals surface area contributed by atoms with Crippen LogP contribution in [0.5, 0.6) is 0 Å². The molecule has 0 aromatic carbocycles. The molecule has 8 nitrogen and oxygen atoms in total. The maximum Gasteiger partial charge on any atom is 0.323 e. The van der Waals surface area contributed by atoms with Crippen molar-refractivity contribution in [1.29, 1.82) is 0 Å². The van der Waals surface area contributed by atoms with Crippen LogP contribution in [0.15, 0.2) is 41.6 Å². The molecule has 1 unspecified atom stereocenters. The van der Waals surface area contributed by atoms with E-state index in [0.717, 1.165) is 29.0 Å². The Morgan fingerprint density at radius 2 is 2.14 bits per heavy atom. The first-order valence-corrected chi connectivity index (χ1v) is 10.5. The van der Waals surface area contributed by atoms with Crippen molar-refractivity contribution in [1.82, 2.24) is 18.8 Å². The third-order valence-corrected chi connectivity index (χ3v) is 7.27. The number of fused-ring (bicyclic) bond motifs is 3. The van der Waals surface area contributed by atoms with E-state index in [-0.39, 0.29) is 17.5 Å². The molecule has 1 aliphatic rings. The Kier molecular flexibility index (Phi) is 4.83. The number of nitrogens with zero attached hydrogens (tertiary/aromatic N) is 4. The Morgan fingerprint density at radius 3 is 2.83 bits per heavy atom. The molecule has 0 aliphatic heterocycles. The maximum atomic E-state index is 13.1. The number of carbonyl (C=O) groups is 1. The zero-order valence-electron chi connectivity index (χ0n) is 15.6. The van der Waals surface area contributed by atoms with Crippen LogP contribution in [-0.2, 0) is 34.2 Å². The summed E-state index contributed by atoms with van der Waals surface area (Å²) in [7, 11) is -2.34. The Hall–Kier alpha value is -2.85. The third-order valence-electron chi connectivity index (χ3n) is 5.38. The van der Waals surface area contributed by atoms with Crippen molar-refractivity contribution < 1.29 is 22.7 Å². The molecule has 10 heteroatoms. The number of carboxylic acid groups (broad SMARTS) is 1. The van der Waals surface area contributed by atoms with Crippen molar-refractivity contribution >= 4 is 27.0 Å². The molecule has 0 spiro atoms. The van der Waals surface area contributed by atoms with Crippen LogP contribution in [0.25, 0.3) is 11.0 Å². The van der Waals surface area contributed by atoms with Gasteiger partial charge in [0, 0.05) is 30.5 Å². The first-order chi connectivity index (χ1) is 13.8. The quantitative estimate of drug-likeness (QED) is 0.634. The number of sulfonamides is 1. The van der Waals surface area contributed by atoms with Crippen LogP contribution in [0.3, 0.4) is 0 Å². The summed E-state index contributed by atoms with van der Waals surface area (Å²) in [6.07, 6.45) is 4.13. The molecule has 3 heterocycles. The van der Waals surface area contributed by atoms with E-state index in [0.29, 0.717) is 24.8 Å². The van der Waals surface area contributed by atoms with Crippen LogP contribution in [0, 0.1) is 5.95 Å². The van der Waals surface area contributed by atoms with Crippen LogP contribution >= 0.6 is 0 Å². The number of rotatable bonds is 5. The van der Waals surface area contributed by atoms with Crippen LogP contribution in [0.1, 0.15) is 17.7 Å². The molecule has 4 rings (SSSR count). The first-order valence-electron chi connectivity index (χ1n) is 9.05. The third kappa shape index (κ3) is 3.38. The van der Waals surface area contributed by atoms with Crippen molar-refractivity contribution in [3.8, 4) is 0 Å². The molecule has 0 fully saturated rings. The molecule has 1 atom stereocenters. The highest BCUT2D eigenvalue weighted by Gasteiger charge is 2.34. The van der Waals surface area contributed by atoms with Gasteiger partial charge in [-0.25, -0.2) is 13.4 Å². The van der Waals surface area contributed by atoms with Gasteiger partial charge in [-0.05, 0) is 43.5 Å². The van der Waals surface area contributed by atoms with E-state index >= 15 is 0 Å². The lowest BCUT2D eigenvalue weighted by molar-refractivity contribution is -0.137. The zero-order chi connectivity index (χ0) is 20.8. The smallest absolute Gasteiger partial charge is 0.323 e. The van der Waals surface area contributed by atoms with Gasteiger partial charge in [0.05, 0.1) is 17.2 Å². The summed E-state index contributed by atoms with van der Waals surface area (Å²) in [5, 5.41) is 9.28. The molecule has 1 aliphatic carbocycles. The topological polar surface area (TPSA) is 105 Å². The van der Waals surface area contributed by atoms with E-state index in [4.69, 9.17) is 0 Å². The van der Waals surface area contributed by atoms with Gasteiger partial charge in [0.2, 0.25) is 16.0 Å². The number of aliphatic carboxylic acids is 1. The SMILES string of the molecule is CN(C1CCc2c(c3ncccc3n2CC(=O)O)C1)S(=O)(=O)c1ccc(F)nc1. The van der Waals surface area contributed by atoms with Crippen LogP contribution in [-0.4, -0.2) is 51.4 Å². The second-order valence-electron chi connectivity index (χ2n) is 7.01. The number of aromatic nitrogens is 3. The summed E-state index contributed by atoms with van der Waals surface area (Å²) in [6, 6.07) is 5.46. The van der Waals surface area contributed by atoms with Gasteiger partial charge in [-0.15, -0.1) is 0 Å². The molecular formula is C19H19FN4O4S. The monoisotopic (exact) mass is 418 g/mol. The van der Waals surface area contributed by atoms with Crippen molar-refractivity contribution in [3.63, 3.8) is 0 Å². The Balaban J connectivity index is 1.70. The molecule has 0 amide bonds. The predicted octanol–water partition coefficient (Wildman–Crippen LogP) is 1.83. The van der Waals surface area contributed by atoms with Gasteiger partial charge in [0.1, 0.15) is 11.4 Å². The molecule has 0 bridgehead atoms. The minimum atomic E-state index is -3.84. The zero-order valence-corrected chi connectivity index (χ0v) is 16.4. The van der Waals surface area contributed by atoms with E-state index < -0.39 is 21.9 Å². The number of carboxylic acids is 1. The molecule has 0 saturated carbocycles. The number of likely N-dealkylation sites (N-methyl/N-ethyl adjacent to an activating group) is 1. The summed E-state index contributed by atoms with van der Waals surface area (Å²) >= 11 is 0. The fourth-order valence-electron chi connectivity index (χ4n) is 3.94. The van der Waals surface area contributed by atoms with Crippen molar-refractivity contribution in [2.75, 3.05) is 7.05 Å². The molecule has 29 heavy (non-hydrogen) atoms. The molecule has 0 saturated heterocycles. The molecular weight excluding hydrogens is 399 g/mol. The number of halogens is 1. The molecule has 0 radical (unpaired) electrons. The molecule has 152 valence electrons. The summed E-state index contributed by atoms with van der Waals surface area (Å²) in [5.74, 6) is -1.69. The van der Waals surface area contributed by atoms with E-state index in [1.54, 1.807) is 16.8 Å². The average Bonchev–Trinajstić information content (AvgIpc) is 3.00. The van der Waals surface area contributed by atoms with Gasteiger partial charge in [0.25, 0.3) is 0 Å². The van der Waals surface area contributed by atoms with Gasteiger partial charge in [-0.1, -0.05) is 0 Å². The average molecular weight is 418 g/mol. The lowest BCUT2D eigenvalue weighted by Gasteiger charge is -2.31. The van der Waals surface area contributed by atoms with E-state index in [2.05, 4.69) is 9.97 Å². The van der Waals surface area contributed by atoms with E-state index in [1.807, 2.05) is 6.07 Å². The van der Waals surface area contributed by atoms with Crippen molar-refractivity contribution in [3.05, 3.63) is 53.9 Å². The van der Waals surface area contributed by atoms with E-state index in [9.17, 15) is 22.7 Å². The molecule has 1 N–H and O–H groups in total. The van der Waals surface area contributed by atoms with E-state index in [1.165, 1.54) is 17.4 Å². The fourth-order valence-corrected chi connectivity index (χ4v) is 5.27. The minimum absolute atomic E-state index is 0.0707. The van der Waals surface area contributed by atoms with Crippen LogP contribution in [0.4, 0.5) is 4.39 Å². The van der Waals surface area contributed by atoms with Gasteiger partial charge >= 0.3 is 5.97 Å². The summed E-state index contributed by atoms with van der Waals surface area (Å²) in [6.45, 7) is -0.169. The Morgan fingerprint density at radius 1 is 1.34 bits per heavy atom. The summed E-state index contributed by atoms with van der Waals surface area (Å²) in [5.41, 5.74) is 3.18. The minimum Gasteiger partial charge on any atom is -0.480 e. The first kappa shape index (κ1) is 19.5. The standard InChI is InChI=1S/C19H19FN4O4S/c1-23(29(27,28)13-5-7-17(20)22-10-13)12-4-6-15-14(9-12)19-16(3-2-8-21-19)24(15)11-18(25)26/h2-3,5,7-8,10,12H,4,6,9,11H2,1H3,(H,25,26). The highest BCUT2D eigenvalue weighted by Crippen LogP contribution is 2.33. The summed E-state index contributed by atoms with van der Waals surface area (Å²) < 4.78 is 42.0. The lowest BCUT2D eigenvalue weighted by atomic mass is 9.92. The van der Waals surface area contributed by atoms with Crippen molar-refractivity contribution in [2.24, 2.45) is 0 Å². The second kappa shape index (κ2) is 7.20. The van der Waals surface area contributed by atoms with Crippen molar-refractivity contribution in [2.45, 2.75) is 36.7 Å².